The van der Waals surface area contributed by atoms with E-state index in [4.69, 9.17) is 9.47 Å². The standard InChI is InChI=1S/C17H27NO2/c1-5-18-16(17(19-4)11-8-12-17)14-9-6-7-10-15(14)20-13(2)3/h6-7,9-10,13,16,18H,5,8,11-12H2,1-4H3. The molecule has 1 atom stereocenters. The van der Waals surface area contributed by atoms with Crippen LogP contribution < -0.4 is 10.1 Å². The smallest absolute Gasteiger partial charge is 0.124 e. The van der Waals surface area contributed by atoms with Crippen molar-refractivity contribution in [1.82, 2.24) is 5.32 Å². The third-order valence-corrected chi connectivity index (χ3v) is 4.13. The molecule has 1 unspecified atom stereocenters. The van der Waals surface area contributed by atoms with Gasteiger partial charge in [0.1, 0.15) is 5.75 Å². The maximum atomic E-state index is 5.99. The minimum absolute atomic E-state index is 0.0769. The van der Waals surface area contributed by atoms with E-state index in [9.17, 15) is 0 Å². The lowest BCUT2D eigenvalue weighted by molar-refractivity contribution is -0.1000. The molecule has 2 rings (SSSR count). The van der Waals surface area contributed by atoms with E-state index < -0.39 is 0 Å². The molecular formula is C17H27NO2. The number of para-hydroxylation sites is 1. The quantitative estimate of drug-likeness (QED) is 0.824. The van der Waals surface area contributed by atoms with Crippen molar-refractivity contribution in [2.24, 2.45) is 0 Å². The molecule has 0 aliphatic heterocycles. The van der Waals surface area contributed by atoms with Gasteiger partial charge >= 0.3 is 0 Å². The van der Waals surface area contributed by atoms with Crippen molar-refractivity contribution in [1.29, 1.82) is 0 Å². The van der Waals surface area contributed by atoms with Crippen molar-refractivity contribution in [3.63, 3.8) is 0 Å². The summed E-state index contributed by atoms with van der Waals surface area (Å²) in [7, 11) is 1.83. The predicted octanol–water partition coefficient (Wildman–Crippen LogP) is 3.69. The van der Waals surface area contributed by atoms with E-state index >= 15 is 0 Å². The molecule has 112 valence electrons. The van der Waals surface area contributed by atoms with Crippen molar-refractivity contribution in [2.75, 3.05) is 13.7 Å². The number of methoxy groups -OCH3 is 1. The Morgan fingerprint density at radius 1 is 1.25 bits per heavy atom. The Bertz CT molecular complexity index is 421. The van der Waals surface area contributed by atoms with Crippen LogP contribution >= 0.6 is 0 Å². The SMILES string of the molecule is CCNC(c1ccccc1OC(C)C)C1(OC)CCC1. The van der Waals surface area contributed by atoms with Crippen LogP contribution in [0.15, 0.2) is 24.3 Å². The van der Waals surface area contributed by atoms with Gasteiger partial charge in [-0.2, -0.15) is 0 Å². The number of hydrogen-bond acceptors (Lipinski definition) is 3. The highest BCUT2D eigenvalue weighted by Crippen LogP contribution is 2.46. The molecule has 1 fully saturated rings. The zero-order valence-corrected chi connectivity index (χ0v) is 13.1. The fourth-order valence-electron chi connectivity index (χ4n) is 3.00. The molecule has 0 bridgehead atoms. The molecule has 3 heteroatoms. The highest BCUT2D eigenvalue weighted by atomic mass is 16.5. The van der Waals surface area contributed by atoms with Crippen LogP contribution in [0.1, 0.15) is 51.6 Å². The molecule has 3 nitrogen and oxygen atoms in total. The van der Waals surface area contributed by atoms with Crippen LogP contribution in [0.25, 0.3) is 0 Å². The summed E-state index contributed by atoms with van der Waals surface area (Å²) in [6, 6.07) is 8.52. The van der Waals surface area contributed by atoms with Gasteiger partial charge in [-0.25, -0.2) is 0 Å². The van der Waals surface area contributed by atoms with Gasteiger partial charge in [-0.05, 0) is 45.7 Å². The third kappa shape index (κ3) is 2.99. The average Bonchev–Trinajstić information content (AvgIpc) is 2.37. The van der Waals surface area contributed by atoms with Crippen LogP contribution in [0.2, 0.25) is 0 Å². The second-order valence-electron chi connectivity index (χ2n) is 5.82. The minimum atomic E-state index is -0.0769. The lowest BCUT2D eigenvalue weighted by Gasteiger charge is -2.47. The largest absolute Gasteiger partial charge is 0.491 e. The van der Waals surface area contributed by atoms with Gasteiger partial charge < -0.3 is 14.8 Å². The van der Waals surface area contributed by atoms with Gasteiger partial charge in [-0.1, -0.05) is 25.1 Å². The Labute approximate surface area is 122 Å². The van der Waals surface area contributed by atoms with Gasteiger partial charge in [0.2, 0.25) is 0 Å². The molecule has 1 aliphatic rings. The normalized spacial score (nSPS) is 18.6. The van der Waals surface area contributed by atoms with E-state index in [2.05, 4.69) is 44.3 Å². The monoisotopic (exact) mass is 277 g/mol. The van der Waals surface area contributed by atoms with Crippen molar-refractivity contribution in [2.45, 2.75) is 57.8 Å². The zero-order chi connectivity index (χ0) is 14.6. The first-order chi connectivity index (χ1) is 9.63. The molecule has 1 N–H and O–H groups in total. The molecule has 0 aromatic heterocycles. The van der Waals surface area contributed by atoms with E-state index in [1.807, 2.05) is 13.2 Å². The summed E-state index contributed by atoms with van der Waals surface area (Å²) in [4.78, 5) is 0. The summed E-state index contributed by atoms with van der Waals surface area (Å²) in [6.07, 6.45) is 3.63. The van der Waals surface area contributed by atoms with Gasteiger partial charge in [0.15, 0.2) is 0 Å². The number of rotatable bonds is 7. The third-order valence-electron chi connectivity index (χ3n) is 4.13. The van der Waals surface area contributed by atoms with Gasteiger partial charge in [0, 0.05) is 12.7 Å². The highest BCUT2D eigenvalue weighted by Gasteiger charge is 2.45. The molecule has 0 spiro atoms. The molecule has 0 radical (unpaired) electrons. The fraction of sp³-hybridized carbons (Fsp3) is 0.647. The van der Waals surface area contributed by atoms with Crippen LogP contribution in [0.3, 0.4) is 0 Å². The maximum Gasteiger partial charge on any atom is 0.124 e. The molecule has 20 heavy (non-hydrogen) atoms. The molecule has 0 heterocycles. The topological polar surface area (TPSA) is 30.5 Å². The Kier molecular flexibility index (Phi) is 5.06. The zero-order valence-electron chi connectivity index (χ0n) is 13.1. The summed E-state index contributed by atoms with van der Waals surface area (Å²) in [5.74, 6) is 0.969. The van der Waals surface area contributed by atoms with Crippen molar-refractivity contribution < 1.29 is 9.47 Å². The van der Waals surface area contributed by atoms with E-state index in [1.165, 1.54) is 12.0 Å². The molecule has 1 aromatic carbocycles. The highest BCUT2D eigenvalue weighted by molar-refractivity contribution is 5.38. The van der Waals surface area contributed by atoms with Crippen LogP contribution in [0.5, 0.6) is 5.75 Å². The first-order valence-electron chi connectivity index (χ1n) is 7.67. The molecule has 0 amide bonds. The van der Waals surface area contributed by atoms with E-state index in [1.54, 1.807) is 0 Å². The van der Waals surface area contributed by atoms with E-state index in [0.29, 0.717) is 0 Å². The molecule has 0 saturated heterocycles. The first kappa shape index (κ1) is 15.3. The van der Waals surface area contributed by atoms with E-state index in [-0.39, 0.29) is 17.7 Å². The summed E-state index contributed by atoms with van der Waals surface area (Å²) in [5.41, 5.74) is 1.14. The lowest BCUT2D eigenvalue weighted by Crippen LogP contribution is -2.50. The van der Waals surface area contributed by atoms with Gasteiger partial charge in [0.05, 0.1) is 17.7 Å². The van der Waals surface area contributed by atoms with Crippen molar-refractivity contribution in [3.8, 4) is 5.75 Å². The lowest BCUT2D eigenvalue weighted by atomic mass is 9.72. The van der Waals surface area contributed by atoms with Crippen LogP contribution in [0, 0.1) is 0 Å². The molecular weight excluding hydrogens is 250 g/mol. The van der Waals surface area contributed by atoms with E-state index in [0.717, 1.165) is 25.1 Å². The van der Waals surface area contributed by atoms with Gasteiger partial charge in [0.25, 0.3) is 0 Å². The summed E-state index contributed by atoms with van der Waals surface area (Å²) >= 11 is 0. The first-order valence-corrected chi connectivity index (χ1v) is 7.67. The summed E-state index contributed by atoms with van der Waals surface area (Å²) in [5, 5.41) is 3.60. The second-order valence-corrected chi connectivity index (χ2v) is 5.82. The number of hydrogen-bond donors (Lipinski definition) is 1. The second kappa shape index (κ2) is 6.59. The minimum Gasteiger partial charge on any atom is -0.491 e. The number of ether oxygens (including phenoxy) is 2. The average molecular weight is 277 g/mol. The van der Waals surface area contributed by atoms with Gasteiger partial charge in [-0.3, -0.25) is 0 Å². The van der Waals surface area contributed by atoms with Crippen molar-refractivity contribution in [3.05, 3.63) is 29.8 Å². The maximum absolute atomic E-state index is 5.99. The molecule has 1 saturated carbocycles. The summed E-state index contributed by atoms with van der Waals surface area (Å²) in [6.45, 7) is 7.19. The van der Waals surface area contributed by atoms with Crippen molar-refractivity contribution >= 4 is 0 Å². The van der Waals surface area contributed by atoms with Crippen LogP contribution in [0.4, 0.5) is 0 Å². The van der Waals surface area contributed by atoms with Crippen LogP contribution in [-0.2, 0) is 4.74 Å². The summed E-state index contributed by atoms with van der Waals surface area (Å²) < 4.78 is 11.9. The Hall–Kier alpha value is -1.06. The number of nitrogens with one attached hydrogen (secondary N) is 1. The Balaban J connectivity index is 2.34. The molecule has 1 aliphatic carbocycles. The fourth-order valence-corrected chi connectivity index (χ4v) is 3.00. The number of likely N-dealkylation sites (N-methyl/N-ethyl adjacent to an activating group) is 1. The number of benzene rings is 1. The van der Waals surface area contributed by atoms with Gasteiger partial charge in [-0.15, -0.1) is 0 Å². The van der Waals surface area contributed by atoms with Crippen LogP contribution in [-0.4, -0.2) is 25.4 Å². The Morgan fingerprint density at radius 3 is 2.45 bits per heavy atom. The Morgan fingerprint density at radius 2 is 1.95 bits per heavy atom. The predicted molar refractivity (Wildman–Crippen MR) is 82.2 cm³/mol. The molecule has 1 aromatic rings.